The first-order valence-electron chi connectivity index (χ1n) is 6.81. The molecular weight excluding hydrogens is 242 g/mol. The Kier molecular flexibility index (Phi) is 5.32. The largest absolute Gasteiger partial charge is 0.367 e. The number of nitrogens with zero attached hydrogens (tertiary/aromatic N) is 2. The number of anilines is 1. The normalized spacial score (nSPS) is 20.1. The number of hydrogen-bond acceptors (Lipinski definition) is 4. The van der Waals surface area contributed by atoms with Gasteiger partial charge in [-0.05, 0) is 26.0 Å². The van der Waals surface area contributed by atoms with Gasteiger partial charge in [0.1, 0.15) is 0 Å². The summed E-state index contributed by atoms with van der Waals surface area (Å²) in [6, 6.07) is 2.78. The Morgan fingerprint density at radius 1 is 1.56 bits per heavy atom. The summed E-state index contributed by atoms with van der Waals surface area (Å²) >= 11 is 2.06. The molecule has 0 saturated carbocycles. The van der Waals surface area contributed by atoms with Gasteiger partial charge in [0.2, 0.25) is 0 Å². The van der Waals surface area contributed by atoms with Gasteiger partial charge in [0.15, 0.2) is 0 Å². The fourth-order valence-electron chi connectivity index (χ4n) is 2.32. The van der Waals surface area contributed by atoms with Crippen LogP contribution in [0.1, 0.15) is 25.8 Å². The van der Waals surface area contributed by atoms with Gasteiger partial charge in [-0.25, -0.2) is 0 Å². The minimum atomic E-state index is 0.621. The molecule has 0 aromatic carbocycles. The van der Waals surface area contributed by atoms with Crippen molar-refractivity contribution in [1.82, 2.24) is 10.3 Å². The van der Waals surface area contributed by atoms with E-state index in [-0.39, 0.29) is 0 Å². The molecule has 0 spiro atoms. The average Bonchev–Trinajstić information content (AvgIpc) is 2.40. The van der Waals surface area contributed by atoms with Gasteiger partial charge in [-0.3, -0.25) is 4.98 Å². The van der Waals surface area contributed by atoms with Crippen LogP contribution in [0.5, 0.6) is 0 Å². The molecule has 3 nitrogen and oxygen atoms in total. The van der Waals surface area contributed by atoms with Crippen molar-refractivity contribution in [2.45, 2.75) is 32.9 Å². The molecule has 0 amide bonds. The number of thioether (sulfide) groups is 1. The van der Waals surface area contributed by atoms with Crippen molar-refractivity contribution < 1.29 is 0 Å². The molecule has 1 N–H and O–H groups in total. The Morgan fingerprint density at radius 2 is 2.44 bits per heavy atom. The highest BCUT2D eigenvalue weighted by Gasteiger charge is 2.20. The van der Waals surface area contributed by atoms with Crippen molar-refractivity contribution in [2.75, 3.05) is 29.5 Å². The maximum absolute atomic E-state index is 4.27. The number of hydrogen-bond donors (Lipinski definition) is 1. The molecule has 1 fully saturated rings. The lowest BCUT2D eigenvalue weighted by Crippen LogP contribution is -2.41. The topological polar surface area (TPSA) is 28.2 Å². The first-order valence-corrected chi connectivity index (χ1v) is 7.96. The van der Waals surface area contributed by atoms with Crippen LogP contribution in [0.3, 0.4) is 0 Å². The second kappa shape index (κ2) is 7.00. The molecule has 1 aliphatic heterocycles. The van der Waals surface area contributed by atoms with Gasteiger partial charge < -0.3 is 10.2 Å². The van der Waals surface area contributed by atoms with E-state index in [9.17, 15) is 0 Å². The number of aromatic nitrogens is 1. The van der Waals surface area contributed by atoms with Gasteiger partial charge >= 0.3 is 0 Å². The highest BCUT2D eigenvalue weighted by Crippen LogP contribution is 2.26. The molecule has 1 unspecified atom stereocenters. The lowest BCUT2D eigenvalue weighted by Gasteiger charge is -2.36. The highest BCUT2D eigenvalue weighted by molar-refractivity contribution is 7.99. The summed E-state index contributed by atoms with van der Waals surface area (Å²) in [6.45, 7) is 7.65. The van der Waals surface area contributed by atoms with Gasteiger partial charge in [-0.15, -0.1) is 0 Å². The summed E-state index contributed by atoms with van der Waals surface area (Å²) < 4.78 is 0. The molecule has 1 atom stereocenters. The lowest BCUT2D eigenvalue weighted by atomic mass is 10.1. The molecule has 18 heavy (non-hydrogen) atoms. The minimum absolute atomic E-state index is 0.621. The van der Waals surface area contributed by atoms with E-state index in [1.807, 2.05) is 12.4 Å². The third-order valence-corrected chi connectivity index (χ3v) is 4.49. The zero-order valence-corrected chi connectivity index (χ0v) is 12.2. The first kappa shape index (κ1) is 13.7. The number of rotatable bonds is 5. The van der Waals surface area contributed by atoms with E-state index in [0.717, 1.165) is 19.6 Å². The molecule has 2 heterocycles. The quantitative estimate of drug-likeness (QED) is 0.828. The van der Waals surface area contributed by atoms with Gasteiger partial charge in [0.25, 0.3) is 0 Å². The molecule has 0 aliphatic carbocycles. The van der Waals surface area contributed by atoms with Crippen LogP contribution in [-0.4, -0.2) is 35.6 Å². The minimum Gasteiger partial charge on any atom is -0.367 e. The van der Waals surface area contributed by atoms with Crippen molar-refractivity contribution in [3.63, 3.8) is 0 Å². The van der Waals surface area contributed by atoms with Gasteiger partial charge in [-0.2, -0.15) is 11.8 Å². The van der Waals surface area contributed by atoms with Crippen LogP contribution in [0, 0.1) is 0 Å². The summed E-state index contributed by atoms with van der Waals surface area (Å²) in [5.41, 5.74) is 2.69. The SMILES string of the molecule is CCCNCc1cnccc1N1CCSCC1C. The van der Waals surface area contributed by atoms with Crippen molar-refractivity contribution >= 4 is 17.4 Å². The molecular formula is C14H23N3S. The van der Waals surface area contributed by atoms with Crippen molar-refractivity contribution in [1.29, 1.82) is 0 Å². The van der Waals surface area contributed by atoms with E-state index in [1.165, 1.54) is 29.2 Å². The van der Waals surface area contributed by atoms with E-state index in [0.29, 0.717) is 6.04 Å². The van der Waals surface area contributed by atoms with Gasteiger partial charge in [-0.1, -0.05) is 6.92 Å². The third-order valence-electron chi connectivity index (χ3n) is 3.30. The maximum Gasteiger partial charge on any atom is 0.0445 e. The Labute approximate surface area is 114 Å². The van der Waals surface area contributed by atoms with E-state index in [4.69, 9.17) is 0 Å². The van der Waals surface area contributed by atoms with Crippen LogP contribution in [0.2, 0.25) is 0 Å². The monoisotopic (exact) mass is 265 g/mol. The third kappa shape index (κ3) is 3.39. The van der Waals surface area contributed by atoms with Crippen LogP contribution in [-0.2, 0) is 6.54 Å². The van der Waals surface area contributed by atoms with Crippen LogP contribution in [0.15, 0.2) is 18.5 Å². The van der Waals surface area contributed by atoms with E-state index in [1.54, 1.807) is 0 Å². The molecule has 1 aromatic heterocycles. The van der Waals surface area contributed by atoms with E-state index >= 15 is 0 Å². The van der Waals surface area contributed by atoms with Crippen LogP contribution >= 0.6 is 11.8 Å². The first-order chi connectivity index (χ1) is 8.83. The molecule has 100 valence electrons. The molecule has 1 aromatic rings. The standard InChI is InChI=1S/C14H23N3S/c1-3-5-15-9-13-10-16-6-4-14(13)17-7-8-18-11-12(17)2/h4,6,10,12,15H,3,5,7-9,11H2,1-2H3. The summed E-state index contributed by atoms with van der Waals surface area (Å²) in [7, 11) is 0. The van der Waals surface area contributed by atoms with E-state index in [2.05, 4.69) is 46.9 Å². The molecule has 1 saturated heterocycles. The average molecular weight is 265 g/mol. The summed E-state index contributed by atoms with van der Waals surface area (Å²) in [5, 5.41) is 3.47. The number of nitrogens with one attached hydrogen (secondary N) is 1. The van der Waals surface area contributed by atoms with Crippen molar-refractivity contribution in [3.8, 4) is 0 Å². The zero-order valence-electron chi connectivity index (χ0n) is 11.4. The molecule has 0 bridgehead atoms. The predicted molar refractivity (Wildman–Crippen MR) is 80.4 cm³/mol. The maximum atomic E-state index is 4.27. The van der Waals surface area contributed by atoms with Crippen LogP contribution in [0.4, 0.5) is 5.69 Å². The van der Waals surface area contributed by atoms with Crippen LogP contribution in [0.25, 0.3) is 0 Å². The fraction of sp³-hybridized carbons (Fsp3) is 0.643. The Morgan fingerprint density at radius 3 is 3.22 bits per heavy atom. The Balaban J connectivity index is 2.10. The number of pyridine rings is 1. The highest BCUT2D eigenvalue weighted by atomic mass is 32.2. The molecule has 1 aliphatic rings. The van der Waals surface area contributed by atoms with Gasteiger partial charge in [0.05, 0.1) is 0 Å². The summed E-state index contributed by atoms with van der Waals surface area (Å²) in [5.74, 6) is 2.46. The Bertz CT molecular complexity index is 370. The summed E-state index contributed by atoms with van der Waals surface area (Å²) in [4.78, 5) is 6.80. The molecule has 2 rings (SSSR count). The molecule has 0 radical (unpaired) electrons. The summed E-state index contributed by atoms with van der Waals surface area (Å²) in [6.07, 6.45) is 5.09. The Hall–Kier alpha value is -0.740. The van der Waals surface area contributed by atoms with E-state index < -0.39 is 0 Å². The van der Waals surface area contributed by atoms with Crippen molar-refractivity contribution in [3.05, 3.63) is 24.0 Å². The second-order valence-corrected chi connectivity index (χ2v) is 5.95. The predicted octanol–water partition coefficient (Wildman–Crippen LogP) is 2.52. The second-order valence-electron chi connectivity index (χ2n) is 4.80. The fourth-order valence-corrected chi connectivity index (χ4v) is 3.33. The van der Waals surface area contributed by atoms with Crippen LogP contribution < -0.4 is 10.2 Å². The smallest absolute Gasteiger partial charge is 0.0445 e. The van der Waals surface area contributed by atoms with Gasteiger partial charge in [0, 0.05) is 54.3 Å². The lowest BCUT2D eigenvalue weighted by molar-refractivity contribution is 0.658. The molecule has 4 heteroatoms. The van der Waals surface area contributed by atoms with Crippen molar-refractivity contribution in [2.24, 2.45) is 0 Å². The zero-order chi connectivity index (χ0) is 12.8.